The van der Waals surface area contributed by atoms with Gasteiger partial charge in [-0.2, -0.15) is 4.31 Å². The summed E-state index contributed by atoms with van der Waals surface area (Å²) in [5.74, 6) is -0.343. The van der Waals surface area contributed by atoms with Crippen LogP contribution in [0, 0.1) is 11.7 Å². The lowest BCUT2D eigenvalue weighted by atomic mass is 10.0. The summed E-state index contributed by atoms with van der Waals surface area (Å²) in [6.07, 6.45) is 0.672. The molecule has 0 saturated carbocycles. The molecule has 1 aliphatic heterocycles. The van der Waals surface area contributed by atoms with Crippen LogP contribution in [-0.2, 0) is 10.0 Å². The Morgan fingerprint density at radius 2 is 2.16 bits per heavy atom. The Bertz CT molecular complexity index is 571. The van der Waals surface area contributed by atoms with E-state index in [2.05, 4.69) is 0 Å². The molecule has 0 unspecified atom stereocenters. The third-order valence-electron chi connectivity index (χ3n) is 3.26. The van der Waals surface area contributed by atoms with E-state index in [0.29, 0.717) is 12.3 Å². The Kier molecular flexibility index (Phi) is 3.82. The fourth-order valence-corrected chi connectivity index (χ4v) is 3.77. The average molecular weight is 287 g/mol. The first-order valence-corrected chi connectivity index (χ1v) is 7.67. The maximum atomic E-state index is 13.8. The van der Waals surface area contributed by atoms with Gasteiger partial charge >= 0.3 is 0 Å². The quantitative estimate of drug-likeness (QED) is 0.838. The Morgan fingerprint density at radius 1 is 1.47 bits per heavy atom. The van der Waals surface area contributed by atoms with Gasteiger partial charge in [-0.05, 0) is 24.5 Å². The van der Waals surface area contributed by atoms with Gasteiger partial charge in [-0.15, -0.1) is 0 Å². The summed E-state index contributed by atoms with van der Waals surface area (Å²) < 4.78 is 45.4. The van der Waals surface area contributed by atoms with Gasteiger partial charge in [-0.25, -0.2) is 12.8 Å². The highest BCUT2D eigenvalue weighted by atomic mass is 32.2. The van der Waals surface area contributed by atoms with Crippen LogP contribution in [0.25, 0.3) is 0 Å². The van der Waals surface area contributed by atoms with E-state index >= 15 is 0 Å². The molecule has 0 aliphatic carbocycles. The second kappa shape index (κ2) is 5.09. The summed E-state index contributed by atoms with van der Waals surface area (Å²) in [5, 5.41) is 0. The van der Waals surface area contributed by atoms with Gasteiger partial charge in [0.05, 0.1) is 6.04 Å². The van der Waals surface area contributed by atoms with Gasteiger partial charge in [-0.3, -0.25) is 0 Å². The van der Waals surface area contributed by atoms with E-state index < -0.39 is 15.8 Å². The van der Waals surface area contributed by atoms with E-state index in [1.165, 1.54) is 23.5 Å². The number of rotatable bonds is 2. The fourth-order valence-electron chi connectivity index (χ4n) is 2.24. The maximum Gasteiger partial charge on any atom is 0.249 e. The molecule has 1 aromatic rings. The van der Waals surface area contributed by atoms with Crippen LogP contribution in [0.4, 0.5) is 4.39 Å². The summed E-state index contributed by atoms with van der Waals surface area (Å²) >= 11 is 0. The minimum Gasteiger partial charge on any atom is -0.490 e. The van der Waals surface area contributed by atoms with Gasteiger partial charge in [-0.1, -0.05) is 19.9 Å². The first kappa shape index (κ1) is 14.3. The van der Waals surface area contributed by atoms with Crippen LogP contribution in [0.5, 0.6) is 5.75 Å². The summed E-state index contributed by atoms with van der Waals surface area (Å²) in [7, 11) is -2.37. The largest absolute Gasteiger partial charge is 0.490 e. The highest BCUT2D eigenvalue weighted by Crippen LogP contribution is 2.33. The zero-order valence-corrected chi connectivity index (χ0v) is 12.1. The molecule has 0 fully saturated rings. The number of hydrogen-bond acceptors (Lipinski definition) is 3. The van der Waals surface area contributed by atoms with Crippen LogP contribution in [0.15, 0.2) is 23.1 Å². The Labute approximate surface area is 113 Å². The van der Waals surface area contributed by atoms with Gasteiger partial charge in [0, 0.05) is 7.05 Å². The lowest BCUT2D eigenvalue weighted by Gasteiger charge is -2.25. The number of sulfonamides is 1. The van der Waals surface area contributed by atoms with Crippen LogP contribution in [-0.4, -0.2) is 32.4 Å². The molecule has 0 spiro atoms. The Morgan fingerprint density at radius 3 is 2.79 bits per heavy atom. The van der Waals surface area contributed by atoms with Crippen molar-refractivity contribution in [3.05, 3.63) is 24.0 Å². The lowest BCUT2D eigenvalue weighted by molar-refractivity contribution is 0.207. The number of benzene rings is 1. The van der Waals surface area contributed by atoms with E-state index in [1.807, 2.05) is 13.8 Å². The number of likely N-dealkylation sites (N-methyl/N-ethyl adjacent to an activating group) is 1. The zero-order valence-electron chi connectivity index (χ0n) is 11.3. The minimum atomic E-state index is -3.85. The molecule has 0 aromatic heterocycles. The van der Waals surface area contributed by atoms with Gasteiger partial charge in [0.25, 0.3) is 0 Å². The van der Waals surface area contributed by atoms with Gasteiger partial charge in [0.2, 0.25) is 10.0 Å². The van der Waals surface area contributed by atoms with Crippen molar-refractivity contribution >= 4 is 10.0 Å². The molecule has 1 atom stereocenters. The summed E-state index contributed by atoms with van der Waals surface area (Å²) in [4.78, 5) is -0.358. The minimum absolute atomic E-state index is 0.0955. The van der Waals surface area contributed by atoms with Crippen LogP contribution in [0.2, 0.25) is 0 Å². The number of nitrogens with zero attached hydrogens (tertiary/aromatic N) is 1. The fraction of sp³-hybridized carbons (Fsp3) is 0.538. The molecule has 4 nitrogen and oxygen atoms in total. The van der Waals surface area contributed by atoms with E-state index in [9.17, 15) is 12.8 Å². The van der Waals surface area contributed by atoms with Crippen molar-refractivity contribution < 1.29 is 17.5 Å². The highest BCUT2D eigenvalue weighted by molar-refractivity contribution is 7.89. The van der Waals surface area contributed by atoms with E-state index in [0.717, 1.165) is 6.07 Å². The summed E-state index contributed by atoms with van der Waals surface area (Å²) in [6.45, 7) is 4.27. The Hall–Kier alpha value is -1.14. The van der Waals surface area contributed by atoms with Crippen molar-refractivity contribution in [1.82, 2.24) is 4.31 Å². The molecule has 1 aliphatic rings. The second-order valence-corrected chi connectivity index (χ2v) is 7.12. The molecule has 106 valence electrons. The SMILES string of the molecule is CC(C)C[C@@H]1COc2cccc(F)c2S(=O)(=O)N1C. The molecular weight excluding hydrogens is 269 g/mol. The number of halogens is 1. The molecule has 6 heteroatoms. The average Bonchev–Trinajstić information content (AvgIpc) is 2.40. The van der Waals surface area contributed by atoms with Crippen molar-refractivity contribution in [1.29, 1.82) is 0 Å². The molecule has 1 aromatic carbocycles. The van der Waals surface area contributed by atoms with E-state index in [4.69, 9.17) is 4.74 Å². The molecule has 1 heterocycles. The van der Waals surface area contributed by atoms with Crippen molar-refractivity contribution in [3.63, 3.8) is 0 Å². The first-order chi connectivity index (χ1) is 8.84. The highest BCUT2D eigenvalue weighted by Gasteiger charge is 2.36. The predicted octanol–water partition coefficient (Wildman–Crippen LogP) is 2.25. The normalized spacial score (nSPS) is 22.7. The van der Waals surface area contributed by atoms with Gasteiger partial charge in [0.15, 0.2) is 4.90 Å². The molecule has 0 saturated heterocycles. The standard InChI is InChI=1S/C13H18FNO3S/c1-9(2)7-10-8-18-12-6-4-5-11(14)13(12)19(16,17)15(10)3/h4-6,9-10H,7-8H2,1-3H3/t10-/m1/s1. The lowest BCUT2D eigenvalue weighted by Crippen LogP contribution is -2.39. The molecule has 0 N–H and O–H groups in total. The smallest absolute Gasteiger partial charge is 0.249 e. The molecule has 19 heavy (non-hydrogen) atoms. The Balaban J connectivity index is 2.49. The zero-order chi connectivity index (χ0) is 14.2. The van der Waals surface area contributed by atoms with Crippen molar-refractivity contribution in [2.75, 3.05) is 13.7 Å². The molecular formula is C13H18FNO3S. The van der Waals surface area contributed by atoms with Crippen LogP contribution in [0.3, 0.4) is 0 Å². The second-order valence-electron chi connectivity index (χ2n) is 5.18. The van der Waals surface area contributed by atoms with Gasteiger partial charge in [0.1, 0.15) is 18.2 Å². The number of fused-ring (bicyclic) bond motifs is 1. The predicted molar refractivity (Wildman–Crippen MR) is 70.1 cm³/mol. The molecule has 0 amide bonds. The van der Waals surface area contributed by atoms with Crippen molar-refractivity contribution in [2.45, 2.75) is 31.2 Å². The van der Waals surface area contributed by atoms with Crippen LogP contribution >= 0.6 is 0 Å². The van der Waals surface area contributed by atoms with Gasteiger partial charge < -0.3 is 4.74 Å². The third-order valence-corrected chi connectivity index (χ3v) is 5.23. The summed E-state index contributed by atoms with van der Waals surface area (Å²) in [6, 6.07) is 3.79. The first-order valence-electron chi connectivity index (χ1n) is 6.23. The maximum absolute atomic E-state index is 13.8. The molecule has 0 bridgehead atoms. The van der Waals surface area contributed by atoms with Crippen molar-refractivity contribution in [2.24, 2.45) is 5.92 Å². The van der Waals surface area contributed by atoms with E-state index in [1.54, 1.807) is 0 Å². The number of ether oxygens (including phenoxy) is 1. The number of hydrogen-bond donors (Lipinski definition) is 0. The van der Waals surface area contributed by atoms with E-state index in [-0.39, 0.29) is 23.3 Å². The third kappa shape index (κ3) is 2.60. The topological polar surface area (TPSA) is 46.6 Å². The van der Waals surface area contributed by atoms with Crippen LogP contribution < -0.4 is 4.74 Å². The monoisotopic (exact) mass is 287 g/mol. The molecule has 2 rings (SSSR count). The summed E-state index contributed by atoms with van der Waals surface area (Å²) in [5.41, 5.74) is 0. The molecule has 0 radical (unpaired) electrons. The van der Waals surface area contributed by atoms with Crippen molar-refractivity contribution in [3.8, 4) is 5.75 Å². The van der Waals surface area contributed by atoms with Crippen LogP contribution in [0.1, 0.15) is 20.3 Å².